The molecule has 0 atom stereocenters. The smallest absolute Gasteiger partial charge is 0.262 e. The second-order valence-electron chi connectivity index (χ2n) is 31.9. The summed E-state index contributed by atoms with van der Waals surface area (Å²) in [4.78, 5) is 79.6. The van der Waals surface area contributed by atoms with Crippen molar-refractivity contribution >= 4 is 126 Å². The highest BCUT2D eigenvalue weighted by atomic mass is 32.2. The molecule has 684 valence electrons. The topological polar surface area (TPSA) is 395 Å². The Hall–Kier alpha value is -18.0. The summed E-state index contributed by atoms with van der Waals surface area (Å²) in [7, 11) is -0.575. The summed E-state index contributed by atoms with van der Waals surface area (Å²) in [5, 5.41) is 35.7. The van der Waals surface area contributed by atoms with Gasteiger partial charge in [-0.3, -0.25) is 24.0 Å². The van der Waals surface area contributed by atoms with Crippen molar-refractivity contribution in [2.24, 2.45) is 5.14 Å². The molecular formula is C106H90N16O14S. The Morgan fingerprint density at radius 3 is 0.898 bits per heavy atom. The molecule has 12 N–H and O–H groups in total. The fourth-order valence-corrected chi connectivity index (χ4v) is 15.7. The maximum absolute atomic E-state index is 11.6. The van der Waals surface area contributed by atoms with E-state index in [2.05, 4.69) is 153 Å². The predicted octanol–water partition coefficient (Wildman–Crippen LogP) is 20.4. The summed E-state index contributed by atoms with van der Waals surface area (Å²) in [6.07, 6.45) is 8.67. The summed E-state index contributed by atoms with van der Waals surface area (Å²) >= 11 is 0. The van der Waals surface area contributed by atoms with Crippen LogP contribution in [0.4, 0.5) is 86.0 Å². The molecule has 0 saturated heterocycles. The molecule has 0 unspecified atom stereocenters. The molecule has 5 amide bonds. The zero-order chi connectivity index (χ0) is 94.9. The SMILES string of the molecule is COc1cc(Nc2cc(-c3ccc4c(c3)NC(=O)CO4)ccn2)cc(OC)c1.Cc1cc(C)cc(Nc2cc(-c3ccc4c(c3)NC(=O)CO4)ccn2)c1.Cc1ccc(Nc2cc(-c3ccc4c(c3)NC(=O)CO4)ccn2)cc1.NS(=O)(=O)c1cccc(Nc2cc(-c3ccc4c(c3)NC(=O)CO4)ccn2)c1.O=C1COc2ccc(-c3ccnc(Nc4cccc(-c5ccccc5)c4)c3)cc2N1. The average Bonchev–Trinajstić information content (AvgIpc) is 0.818. The number of amides is 5. The molecule has 137 heavy (non-hydrogen) atoms. The number of fused-ring (bicyclic) bond motifs is 5. The number of pyridine rings is 5. The molecule has 10 heterocycles. The maximum atomic E-state index is 11.6. The molecule has 30 nitrogen and oxygen atoms in total. The van der Waals surface area contributed by atoms with Gasteiger partial charge in [0.2, 0.25) is 10.0 Å². The van der Waals surface area contributed by atoms with E-state index in [1.54, 1.807) is 69.5 Å². The second-order valence-corrected chi connectivity index (χ2v) is 33.4. The largest absolute Gasteiger partial charge is 0.497 e. The highest BCUT2D eigenvalue weighted by Gasteiger charge is 2.24. The number of carbonyl (C=O) groups excluding carboxylic acids is 5. The molecule has 0 saturated carbocycles. The zero-order valence-corrected chi connectivity index (χ0v) is 75.4. The molecule has 5 aromatic heterocycles. The number of ether oxygens (including phenoxy) is 7. The minimum atomic E-state index is -3.79. The lowest BCUT2D eigenvalue weighted by Crippen LogP contribution is -2.25. The van der Waals surface area contributed by atoms with Gasteiger partial charge in [0.25, 0.3) is 29.5 Å². The van der Waals surface area contributed by atoms with Crippen LogP contribution in [0.3, 0.4) is 0 Å². The number of nitrogens with two attached hydrogens (primary N) is 1. The van der Waals surface area contributed by atoms with Gasteiger partial charge in [-0.25, -0.2) is 38.5 Å². The Bertz CT molecular complexity index is 7340. The van der Waals surface area contributed by atoms with Crippen LogP contribution in [0, 0.1) is 20.8 Å². The van der Waals surface area contributed by atoms with Gasteiger partial charge in [-0.15, -0.1) is 0 Å². The Labute approximate surface area is 788 Å². The zero-order valence-electron chi connectivity index (χ0n) is 74.6. The monoisotopic (exact) mass is 1840 g/mol. The number of nitrogens with one attached hydrogen (secondary N) is 10. The van der Waals surface area contributed by atoms with Gasteiger partial charge in [-0.2, -0.15) is 0 Å². The lowest BCUT2D eigenvalue weighted by Gasteiger charge is -2.18. The van der Waals surface area contributed by atoms with E-state index in [-0.39, 0.29) is 67.5 Å². The third-order valence-electron chi connectivity index (χ3n) is 21.6. The third kappa shape index (κ3) is 23.9. The lowest BCUT2D eigenvalue weighted by molar-refractivity contribution is -0.119. The number of benzene rings is 11. The first-order valence-corrected chi connectivity index (χ1v) is 44.7. The van der Waals surface area contributed by atoms with E-state index >= 15 is 0 Å². The van der Waals surface area contributed by atoms with E-state index in [0.717, 1.165) is 101 Å². The van der Waals surface area contributed by atoms with Crippen LogP contribution in [0.25, 0.3) is 66.8 Å². The second kappa shape index (κ2) is 41.6. The fraction of sp³-hybridized carbons (Fsp3) is 0.0943. The quantitative estimate of drug-likeness (QED) is 0.0358. The first kappa shape index (κ1) is 90.9. The van der Waals surface area contributed by atoms with Crippen molar-refractivity contribution in [2.75, 3.05) is 100 Å². The van der Waals surface area contributed by atoms with Crippen molar-refractivity contribution < 1.29 is 65.5 Å². The third-order valence-corrected chi connectivity index (χ3v) is 22.6. The minimum Gasteiger partial charge on any atom is -0.497 e. The highest BCUT2D eigenvalue weighted by molar-refractivity contribution is 7.89. The van der Waals surface area contributed by atoms with Gasteiger partial charge in [0, 0.05) is 77.6 Å². The van der Waals surface area contributed by atoms with E-state index in [1.165, 1.54) is 34.4 Å². The normalized spacial score (nSPS) is 12.7. The number of aromatic nitrogens is 5. The van der Waals surface area contributed by atoms with Crippen LogP contribution in [-0.2, 0) is 34.0 Å². The average molecular weight is 1840 g/mol. The van der Waals surface area contributed by atoms with Gasteiger partial charge in [-0.05, 0) is 275 Å². The standard InChI is InChI=1S/C25H19N3O2.C21H19N3O4.C21H19N3O2.C20H17N3O2.C19H16N4O4S/c29-25-16-30-23-10-9-19(14-22(23)28-25)20-11-12-26-24(15-20)27-21-8-4-7-18(13-21)17-5-2-1-3-6-17;1-26-16-9-15(10-17(11-16)27-2)23-20-8-14(5-6-22-20)13-3-4-19-18(7-13)24-21(25)12-28-19;1-13-7-14(2)9-17(8-13)23-20-11-16(5-6-22-20)15-3-4-19-18(10-15)24-21(25)12-26-19;1-13-2-5-16(6-3-13)22-19-11-15(8-9-21-19)14-4-7-18-17(10-14)23-20(24)12-25-18;20-28(25,26)15-3-1-2-14(10-15)22-18-9-13(6-7-21-18)12-4-5-17-16(8-12)23-19(24)11-27-17/h1-15H,16H2,(H,26,27)(H,28,29);3-11H,12H2,1-2H3,(H,22,23)(H,24,25);3-11H,12H2,1-2H3,(H,22,23)(H,24,25);2-11H,12H2,1H3,(H,21,22)(H,23,24);1-10H,11H2,(H,21,22)(H,23,24)(H2,20,25,26). The molecule has 0 aliphatic carbocycles. The number of hydrogen-bond donors (Lipinski definition) is 11. The van der Waals surface area contributed by atoms with Crippen LogP contribution in [0.5, 0.6) is 40.2 Å². The minimum absolute atomic E-state index is 0.00720. The number of rotatable bonds is 19. The van der Waals surface area contributed by atoms with Crippen molar-refractivity contribution in [1.29, 1.82) is 0 Å². The molecule has 5 aliphatic heterocycles. The van der Waals surface area contributed by atoms with Gasteiger partial charge in [0.15, 0.2) is 33.0 Å². The summed E-state index contributed by atoms with van der Waals surface area (Å²) in [6, 6.07) is 92.5. The number of aryl methyl sites for hydroxylation is 3. The van der Waals surface area contributed by atoms with Gasteiger partial charge in [0.05, 0.1) is 47.6 Å². The van der Waals surface area contributed by atoms with Crippen LogP contribution in [0.2, 0.25) is 0 Å². The van der Waals surface area contributed by atoms with E-state index in [1.807, 2.05) is 200 Å². The lowest BCUT2D eigenvalue weighted by atomic mass is 10.0. The van der Waals surface area contributed by atoms with Crippen LogP contribution < -0.4 is 91.5 Å². The van der Waals surface area contributed by atoms with Gasteiger partial charge in [0.1, 0.15) is 69.3 Å². The van der Waals surface area contributed by atoms with Gasteiger partial charge >= 0.3 is 0 Å². The van der Waals surface area contributed by atoms with Crippen molar-refractivity contribution in [3.63, 3.8) is 0 Å². The van der Waals surface area contributed by atoms with E-state index in [0.29, 0.717) is 86.0 Å². The maximum Gasteiger partial charge on any atom is 0.262 e. The Morgan fingerprint density at radius 2 is 0.562 bits per heavy atom. The molecule has 31 heteroatoms. The summed E-state index contributed by atoms with van der Waals surface area (Å²) in [6.45, 7) is 6.43. The molecule has 21 rings (SSSR count). The molecular weight excluding hydrogens is 1750 g/mol. The van der Waals surface area contributed by atoms with Crippen molar-refractivity contribution in [2.45, 2.75) is 25.7 Å². The molecule has 0 spiro atoms. The van der Waals surface area contributed by atoms with Crippen LogP contribution >= 0.6 is 0 Å². The van der Waals surface area contributed by atoms with Crippen molar-refractivity contribution in [1.82, 2.24) is 24.9 Å². The van der Waals surface area contributed by atoms with Crippen LogP contribution in [0.1, 0.15) is 16.7 Å². The first-order valence-electron chi connectivity index (χ1n) is 43.2. The van der Waals surface area contributed by atoms with E-state index < -0.39 is 10.0 Å². The van der Waals surface area contributed by atoms with Crippen molar-refractivity contribution in [3.05, 3.63) is 339 Å². The summed E-state index contributed by atoms with van der Waals surface area (Å²) in [5.74, 6) is 7.42. The van der Waals surface area contributed by atoms with E-state index in [4.69, 9.17) is 38.3 Å². The van der Waals surface area contributed by atoms with Gasteiger partial charge < -0.3 is 86.3 Å². The Balaban J connectivity index is 0.000000119. The number of hydrogen-bond acceptors (Lipinski definition) is 24. The number of anilines is 15. The Morgan fingerprint density at radius 1 is 0.270 bits per heavy atom. The van der Waals surface area contributed by atoms with Crippen LogP contribution in [-0.4, -0.2) is 110 Å². The summed E-state index contributed by atoms with van der Waals surface area (Å²) in [5.41, 5.74) is 23.2. The predicted molar refractivity (Wildman–Crippen MR) is 532 cm³/mol. The molecule has 0 fully saturated rings. The Kier molecular flexibility index (Phi) is 27.6. The number of nitrogens with zero attached hydrogens (tertiary/aromatic N) is 5. The molecule has 5 aliphatic rings. The number of primary sulfonamides is 1. The molecule has 0 bridgehead atoms. The number of methoxy groups -OCH3 is 2. The number of carbonyl (C=O) groups is 5. The molecule has 0 radical (unpaired) electrons. The molecule has 16 aromatic rings. The fourth-order valence-electron chi connectivity index (χ4n) is 15.2. The number of sulfonamides is 1. The van der Waals surface area contributed by atoms with Crippen molar-refractivity contribution in [3.8, 4) is 107 Å². The summed E-state index contributed by atoms with van der Waals surface area (Å²) < 4.78 is 60.7. The van der Waals surface area contributed by atoms with E-state index in [9.17, 15) is 32.4 Å². The highest BCUT2D eigenvalue weighted by Crippen LogP contribution is 2.41. The van der Waals surface area contributed by atoms with Crippen LogP contribution in [0.15, 0.2) is 327 Å². The van der Waals surface area contributed by atoms with Gasteiger partial charge in [-0.1, -0.05) is 103 Å². The first-order chi connectivity index (χ1) is 66.5. The molecule has 11 aromatic carbocycles.